The van der Waals surface area contributed by atoms with Crippen molar-refractivity contribution < 1.29 is 9.31 Å². The van der Waals surface area contributed by atoms with Crippen LogP contribution in [-0.4, -0.2) is 4.92 Å². The third-order valence-electron chi connectivity index (χ3n) is 1.59. The van der Waals surface area contributed by atoms with E-state index in [2.05, 4.69) is 15.9 Å². The lowest BCUT2D eigenvalue weighted by atomic mass is 10.1. The molecule has 0 aliphatic carbocycles. The number of benzene rings is 1. The van der Waals surface area contributed by atoms with Gasteiger partial charge in [-0.05, 0) is 22.0 Å². The molecule has 1 aromatic carbocycles. The van der Waals surface area contributed by atoms with Gasteiger partial charge < -0.3 is 0 Å². The highest BCUT2D eigenvalue weighted by Gasteiger charge is 2.16. The van der Waals surface area contributed by atoms with Crippen LogP contribution in [-0.2, 0) is 6.42 Å². The van der Waals surface area contributed by atoms with E-state index >= 15 is 0 Å². The molecule has 0 aliphatic heterocycles. The Balaban J connectivity index is 3.32. The van der Waals surface area contributed by atoms with Crippen molar-refractivity contribution in [1.82, 2.24) is 0 Å². The van der Waals surface area contributed by atoms with E-state index in [9.17, 15) is 14.5 Å². The van der Waals surface area contributed by atoms with E-state index in [1.54, 1.807) is 6.07 Å². The van der Waals surface area contributed by atoms with Gasteiger partial charge in [0.2, 0.25) is 0 Å². The van der Waals surface area contributed by atoms with Crippen molar-refractivity contribution in [3.05, 3.63) is 38.1 Å². The zero-order valence-corrected chi connectivity index (χ0v) is 8.41. The highest BCUT2D eigenvalue weighted by molar-refractivity contribution is 9.10. The lowest BCUT2D eigenvalue weighted by Crippen LogP contribution is -1.96. The topological polar surface area (TPSA) is 66.9 Å². The molecule has 0 fully saturated rings. The average Bonchev–Trinajstić information content (AvgIpc) is 2.11. The molecule has 1 aromatic rings. The van der Waals surface area contributed by atoms with Crippen molar-refractivity contribution in [1.29, 1.82) is 5.26 Å². The lowest BCUT2D eigenvalue weighted by Gasteiger charge is -2.00. The molecular weight excluding hydrogens is 255 g/mol. The smallest absolute Gasteiger partial charge is 0.258 e. The summed E-state index contributed by atoms with van der Waals surface area (Å²) in [5.74, 6) is -0.710. The second kappa shape index (κ2) is 4.15. The summed E-state index contributed by atoms with van der Waals surface area (Å²) in [6.45, 7) is 0. The lowest BCUT2D eigenvalue weighted by molar-refractivity contribution is -0.385. The van der Waals surface area contributed by atoms with Crippen LogP contribution in [0, 0.1) is 27.3 Å². The average molecular weight is 259 g/mol. The molecule has 1 rings (SSSR count). The zero-order valence-electron chi connectivity index (χ0n) is 6.83. The van der Waals surface area contributed by atoms with Crippen LogP contribution in [0.4, 0.5) is 10.1 Å². The Morgan fingerprint density at radius 2 is 2.29 bits per heavy atom. The Labute approximate surface area is 87.2 Å². The van der Waals surface area contributed by atoms with Crippen LogP contribution in [0.1, 0.15) is 5.56 Å². The number of hydrogen-bond acceptors (Lipinski definition) is 3. The third-order valence-corrected chi connectivity index (χ3v) is 2.20. The number of nitro groups is 1. The van der Waals surface area contributed by atoms with Gasteiger partial charge in [-0.15, -0.1) is 0 Å². The second-order valence-corrected chi connectivity index (χ2v) is 3.34. The van der Waals surface area contributed by atoms with Crippen molar-refractivity contribution in [3.8, 4) is 6.07 Å². The van der Waals surface area contributed by atoms with Crippen LogP contribution < -0.4 is 0 Å². The molecule has 0 heterocycles. The first-order valence-electron chi connectivity index (χ1n) is 3.55. The minimum absolute atomic E-state index is 0.116. The van der Waals surface area contributed by atoms with E-state index in [1.165, 1.54) is 6.07 Å². The molecule has 0 bridgehead atoms. The number of nitro benzene ring substituents is 1. The summed E-state index contributed by atoms with van der Waals surface area (Å²) in [6, 6.07) is 3.83. The first kappa shape index (κ1) is 10.6. The quantitative estimate of drug-likeness (QED) is 0.605. The fourth-order valence-corrected chi connectivity index (χ4v) is 1.37. The summed E-state index contributed by atoms with van der Waals surface area (Å²) in [4.78, 5) is 9.77. The van der Waals surface area contributed by atoms with Gasteiger partial charge in [0.1, 0.15) is 5.82 Å². The van der Waals surface area contributed by atoms with Gasteiger partial charge in [0, 0.05) is 5.56 Å². The van der Waals surface area contributed by atoms with Gasteiger partial charge in [-0.3, -0.25) is 10.1 Å². The monoisotopic (exact) mass is 258 g/mol. The van der Waals surface area contributed by atoms with Crippen molar-refractivity contribution in [2.75, 3.05) is 0 Å². The Bertz CT molecular complexity index is 428. The third kappa shape index (κ3) is 2.06. The molecule has 0 saturated heterocycles. The maximum atomic E-state index is 12.9. The van der Waals surface area contributed by atoms with Gasteiger partial charge in [0.25, 0.3) is 5.69 Å². The molecule has 0 unspecified atom stereocenters. The largest absolute Gasteiger partial charge is 0.276 e. The Morgan fingerprint density at radius 1 is 1.64 bits per heavy atom. The highest BCUT2D eigenvalue weighted by Crippen LogP contribution is 2.26. The van der Waals surface area contributed by atoms with Gasteiger partial charge in [-0.1, -0.05) is 0 Å². The number of hydrogen-bond donors (Lipinski definition) is 0. The minimum atomic E-state index is -0.710. The molecule has 72 valence electrons. The molecule has 6 heteroatoms. The van der Waals surface area contributed by atoms with Crippen molar-refractivity contribution >= 4 is 21.6 Å². The van der Waals surface area contributed by atoms with Crippen LogP contribution in [0.5, 0.6) is 0 Å². The molecule has 0 amide bonds. The summed E-state index contributed by atoms with van der Waals surface area (Å²) >= 11 is 2.89. The summed E-state index contributed by atoms with van der Waals surface area (Å²) < 4.78 is 13.0. The molecule has 0 spiro atoms. The first-order valence-corrected chi connectivity index (χ1v) is 4.35. The van der Waals surface area contributed by atoms with Crippen LogP contribution in [0.25, 0.3) is 0 Å². The van der Waals surface area contributed by atoms with Gasteiger partial charge in [-0.2, -0.15) is 5.26 Å². The summed E-state index contributed by atoms with van der Waals surface area (Å²) in [6.07, 6.45) is -0.116. The van der Waals surface area contributed by atoms with E-state index in [1.807, 2.05) is 0 Å². The van der Waals surface area contributed by atoms with Crippen LogP contribution in [0.15, 0.2) is 16.6 Å². The fraction of sp³-hybridized carbons (Fsp3) is 0.125. The van der Waals surface area contributed by atoms with Crippen LogP contribution >= 0.6 is 15.9 Å². The summed E-state index contributed by atoms with van der Waals surface area (Å²) in [5, 5.41) is 18.9. The Hall–Kier alpha value is -1.48. The number of rotatable bonds is 2. The highest BCUT2D eigenvalue weighted by atomic mass is 79.9. The van der Waals surface area contributed by atoms with Gasteiger partial charge in [0.05, 0.1) is 28.0 Å². The molecule has 0 saturated carbocycles. The van der Waals surface area contributed by atoms with Gasteiger partial charge in [-0.25, -0.2) is 4.39 Å². The van der Waals surface area contributed by atoms with Crippen LogP contribution in [0.3, 0.4) is 0 Å². The molecular formula is C8H4BrFN2O2. The summed E-state index contributed by atoms with van der Waals surface area (Å²) in [5.41, 5.74) is -0.168. The van der Waals surface area contributed by atoms with E-state index in [4.69, 9.17) is 5.26 Å². The Morgan fingerprint density at radius 3 is 2.79 bits per heavy atom. The number of nitrogens with zero attached hydrogens (tertiary/aromatic N) is 2. The van der Waals surface area contributed by atoms with Crippen molar-refractivity contribution in [2.24, 2.45) is 0 Å². The van der Waals surface area contributed by atoms with E-state index < -0.39 is 10.7 Å². The van der Waals surface area contributed by atoms with Gasteiger partial charge >= 0.3 is 0 Å². The second-order valence-electron chi connectivity index (χ2n) is 2.49. The normalized spacial score (nSPS) is 9.50. The number of nitriles is 1. The maximum Gasteiger partial charge on any atom is 0.276 e. The van der Waals surface area contributed by atoms with E-state index in [0.717, 1.165) is 6.07 Å². The SMILES string of the molecule is N#CCc1cc(Br)c(F)cc1[N+](=O)[O-]. The molecule has 0 radical (unpaired) electrons. The minimum Gasteiger partial charge on any atom is -0.258 e. The molecule has 14 heavy (non-hydrogen) atoms. The number of halogens is 2. The molecule has 0 aromatic heterocycles. The standard InChI is InChI=1S/C8H4BrFN2O2/c9-6-3-5(1-2-11)8(12(13)14)4-7(6)10/h3-4H,1H2. The molecule has 0 N–H and O–H groups in total. The van der Waals surface area contributed by atoms with Crippen molar-refractivity contribution in [2.45, 2.75) is 6.42 Å². The first-order chi connectivity index (χ1) is 6.56. The zero-order chi connectivity index (χ0) is 10.7. The molecule has 0 aliphatic rings. The predicted octanol–water partition coefficient (Wildman–Crippen LogP) is 2.56. The Kier molecular flexibility index (Phi) is 3.14. The molecule has 0 atom stereocenters. The van der Waals surface area contributed by atoms with Gasteiger partial charge in [0.15, 0.2) is 0 Å². The maximum absolute atomic E-state index is 12.9. The summed E-state index contributed by atoms with van der Waals surface area (Å²) in [7, 11) is 0. The van der Waals surface area contributed by atoms with Crippen LogP contribution in [0.2, 0.25) is 0 Å². The molecule has 4 nitrogen and oxygen atoms in total. The predicted molar refractivity (Wildman–Crippen MR) is 50.1 cm³/mol. The van der Waals surface area contributed by atoms with E-state index in [0.29, 0.717) is 0 Å². The fourth-order valence-electron chi connectivity index (χ4n) is 0.974. The van der Waals surface area contributed by atoms with E-state index in [-0.39, 0.29) is 22.1 Å². The van der Waals surface area contributed by atoms with Crippen molar-refractivity contribution in [3.63, 3.8) is 0 Å².